The molecule has 3 N–H and O–H groups in total. The fourth-order valence-electron chi connectivity index (χ4n) is 1.49. The summed E-state index contributed by atoms with van der Waals surface area (Å²) in [7, 11) is 3.06. The third-order valence-corrected chi connectivity index (χ3v) is 2.34. The highest BCUT2D eigenvalue weighted by molar-refractivity contribution is 5.90. The zero-order chi connectivity index (χ0) is 15.8. The number of pyridine rings is 1. The Morgan fingerprint density at radius 1 is 1.62 bits per heavy atom. The van der Waals surface area contributed by atoms with Gasteiger partial charge in [-0.3, -0.25) is 4.79 Å². The predicted molar refractivity (Wildman–Crippen MR) is 81.7 cm³/mol. The molecule has 0 atom stereocenters. The van der Waals surface area contributed by atoms with Crippen molar-refractivity contribution in [2.24, 2.45) is 15.7 Å². The van der Waals surface area contributed by atoms with Gasteiger partial charge in [0, 0.05) is 13.3 Å². The second-order valence-corrected chi connectivity index (χ2v) is 3.93. The summed E-state index contributed by atoms with van der Waals surface area (Å²) in [6.45, 7) is 3.30. The number of nitrogens with two attached hydrogens (primary N) is 1. The van der Waals surface area contributed by atoms with Crippen LogP contribution in [0.1, 0.15) is 0 Å². The minimum Gasteiger partial charge on any atom is -0.480 e. The molecule has 112 valence electrons. The lowest BCUT2D eigenvalue weighted by Gasteiger charge is -2.18. The summed E-state index contributed by atoms with van der Waals surface area (Å²) >= 11 is 0. The third kappa shape index (κ3) is 4.94. The number of guanidine groups is 1. The predicted octanol–water partition coefficient (Wildman–Crippen LogP) is 0.814. The maximum absolute atomic E-state index is 10.7. The first-order valence-corrected chi connectivity index (χ1v) is 5.95. The Hall–Kier alpha value is -2.90. The second-order valence-electron chi connectivity index (χ2n) is 3.93. The molecule has 0 radical (unpaired) electrons. The molecule has 0 spiro atoms. The van der Waals surface area contributed by atoms with Crippen molar-refractivity contribution in [3.8, 4) is 5.88 Å². The summed E-state index contributed by atoms with van der Waals surface area (Å²) in [4.78, 5) is 24.2. The molecular weight excluding hydrogens is 274 g/mol. The molecule has 0 bridgehead atoms. The van der Waals surface area contributed by atoms with E-state index in [1.165, 1.54) is 24.3 Å². The second kappa shape index (κ2) is 7.63. The van der Waals surface area contributed by atoms with Gasteiger partial charge in [-0.05, 0) is 12.1 Å². The number of carboxylic acids is 1. The molecule has 8 nitrogen and oxygen atoms in total. The van der Waals surface area contributed by atoms with Crippen LogP contribution in [0.15, 0.2) is 34.8 Å². The third-order valence-electron chi connectivity index (χ3n) is 2.34. The highest BCUT2D eigenvalue weighted by Crippen LogP contribution is 2.27. The number of likely N-dealkylation sites (N-methyl/N-ethyl adjacent to an activating group) is 1. The van der Waals surface area contributed by atoms with Crippen molar-refractivity contribution in [2.45, 2.75) is 0 Å². The molecule has 0 unspecified atom stereocenters. The van der Waals surface area contributed by atoms with E-state index in [9.17, 15) is 4.79 Å². The van der Waals surface area contributed by atoms with E-state index in [2.05, 4.69) is 21.5 Å². The average molecular weight is 291 g/mol. The molecule has 1 aromatic heterocycles. The van der Waals surface area contributed by atoms with E-state index in [4.69, 9.17) is 15.6 Å². The first-order valence-electron chi connectivity index (χ1n) is 5.95. The van der Waals surface area contributed by atoms with Crippen LogP contribution >= 0.6 is 0 Å². The molecule has 0 fully saturated rings. The molecule has 8 heteroatoms. The van der Waals surface area contributed by atoms with Crippen LogP contribution in [-0.4, -0.2) is 48.9 Å². The molecule has 1 rings (SSSR count). The van der Waals surface area contributed by atoms with Crippen molar-refractivity contribution in [2.75, 3.05) is 25.6 Å². The fraction of sp³-hybridized carbons (Fsp3) is 0.231. The van der Waals surface area contributed by atoms with E-state index in [1.54, 1.807) is 19.2 Å². The quantitative estimate of drug-likeness (QED) is 0.592. The van der Waals surface area contributed by atoms with Gasteiger partial charge in [-0.25, -0.2) is 4.99 Å². The molecule has 0 aromatic carbocycles. The van der Waals surface area contributed by atoms with Crippen LogP contribution in [0.3, 0.4) is 0 Å². The number of anilines is 1. The maximum Gasteiger partial charge on any atom is 0.323 e. The Morgan fingerprint density at radius 3 is 2.90 bits per heavy atom. The number of hydrogen-bond donors (Lipinski definition) is 2. The number of rotatable bonds is 6. The number of carbonyl (C=O) groups is 1. The van der Waals surface area contributed by atoms with E-state index >= 15 is 0 Å². The van der Waals surface area contributed by atoms with Crippen LogP contribution in [0, 0.1) is 0 Å². The monoisotopic (exact) mass is 291 g/mol. The summed E-state index contributed by atoms with van der Waals surface area (Å²) in [5.74, 6) is -0.376. The van der Waals surface area contributed by atoms with Gasteiger partial charge in [-0.15, -0.1) is 0 Å². The number of nitrogens with zero attached hydrogens (tertiary/aromatic N) is 4. The zero-order valence-corrected chi connectivity index (χ0v) is 11.9. The number of allylic oxidation sites excluding steroid dienone is 1. The van der Waals surface area contributed by atoms with Gasteiger partial charge >= 0.3 is 5.97 Å². The van der Waals surface area contributed by atoms with Crippen molar-refractivity contribution >= 4 is 29.6 Å². The highest BCUT2D eigenvalue weighted by atomic mass is 16.5. The normalized spacial score (nSPS) is 11.4. The van der Waals surface area contributed by atoms with Crippen LogP contribution < -0.4 is 15.4 Å². The number of hydrogen-bond acceptors (Lipinski definition) is 5. The van der Waals surface area contributed by atoms with Crippen molar-refractivity contribution in [1.82, 2.24) is 4.98 Å². The molecule has 1 aromatic rings. The number of aliphatic carboxylic acids is 1. The number of aromatic nitrogens is 1. The maximum atomic E-state index is 10.7. The summed E-state index contributed by atoms with van der Waals surface area (Å²) in [6, 6.07) is 3.24. The Labute approximate surface area is 122 Å². The molecule has 0 amide bonds. The van der Waals surface area contributed by atoms with Gasteiger partial charge in [0.2, 0.25) is 11.8 Å². The van der Waals surface area contributed by atoms with E-state index in [0.717, 1.165) is 0 Å². The molecule has 0 saturated carbocycles. The summed E-state index contributed by atoms with van der Waals surface area (Å²) in [5, 5.41) is 8.80. The van der Waals surface area contributed by atoms with Crippen molar-refractivity contribution < 1.29 is 14.6 Å². The van der Waals surface area contributed by atoms with Gasteiger partial charge in [0.15, 0.2) is 5.82 Å². The average Bonchev–Trinajstić information content (AvgIpc) is 2.44. The summed E-state index contributed by atoms with van der Waals surface area (Å²) in [6.07, 6.45) is 2.88. The zero-order valence-electron chi connectivity index (χ0n) is 11.9. The lowest BCUT2D eigenvalue weighted by Crippen LogP contribution is -2.25. The van der Waals surface area contributed by atoms with Crippen molar-refractivity contribution in [3.05, 3.63) is 24.8 Å². The van der Waals surface area contributed by atoms with Gasteiger partial charge in [-0.1, -0.05) is 12.7 Å². The minimum absolute atomic E-state index is 0.0242. The lowest BCUT2D eigenvalue weighted by molar-refractivity contribution is -0.135. The standard InChI is InChI=1S/C13H17N5O3/c1-4-7-15-13(14)17-10-6-5-9(12(16-10)21-3)18(2)8-11(19)20/h4-7H,1,8H2,2-3H3,(H,19,20)(H2,14,16,17)/b15-7+. The number of aliphatic imine (C=N–C) groups is 2. The van der Waals surface area contributed by atoms with Crippen LogP contribution in [-0.2, 0) is 4.79 Å². The summed E-state index contributed by atoms with van der Waals surface area (Å²) in [5.41, 5.74) is 6.12. The number of carboxylic acid groups (broad SMARTS) is 1. The summed E-state index contributed by atoms with van der Waals surface area (Å²) < 4.78 is 5.14. The largest absolute Gasteiger partial charge is 0.480 e. The molecular formula is C13H17N5O3. The molecule has 0 aliphatic carbocycles. The van der Waals surface area contributed by atoms with Gasteiger partial charge in [0.25, 0.3) is 0 Å². The van der Waals surface area contributed by atoms with Crippen LogP contribution in [0.25, 0.3) is 0 Å². The van der Waals surface area contributed by atoms with E-state index in [-0.39, 0.29) is 18.4 Å². The highest BCUT2D eigenvalue weighted by Gasteiger charge is 2.13. The Balaban J connectivity index is 3.06. The van der Waals surface area contributed by atoms with Crippen LogP contribution in [0.4, 0.5) is 11.5 Å². The van der Waals surface area contributed by atoms with Crippen molar-refractivity contribution in [1.29, 1.82) is 0 Å². The number of methoxy groups -OCH3 is 1. The smallest absolute Gasteiger partial charge is 0.323 e. The van der Waals surface area contributed by atoms with Gasteiger partial charge < -0.3 is 20.5 Å². The minimum atomic E-state index is -0.954. The Bertz CT molecular complexity index is 583. The Morgan fingerprint density at radius 2 is 2.33 bits per heavy atom. The van der Waals surface area contributed by atoms with Gasteiger partial charge in [0.1, 0.15) is 12.2 Å². The first kappa shape index (κ1) is 16.2. The van der Waals surface area contributed by atoms with E-state index < -0.39 is 5.97 Å². The molecule has 0 aliphatic heterocycles. The molecule has 21 heavy (non-hydrogen) atoms. The van der Waals surface area contributed by atoms with Gasteiger partial charge in [-0.2, -0.15) is 9.98 Å². The SMILES string of the molecule is C=C/C=N/C(N)=Nc1ccc(N(C)CC(=O)O)c(OC)n1. The first-order chi connectivity index (χ1) is 9.97. The molecule has 0 saturated heterocycles. The number of ether oxygens (including phenoxy) is 1. The topological polar surface area (TPSA) is 113 Å². The molecule has 1 heterocycles. The van der Waals surface area contributed by atoms with E-state index in [1.807, 2.05) is 0 Å². The van der Waals surface area contributed by atoms with Crippen LogP contribution in [0.2, 0.25) is 0 Å². The fourth-order valence-corrected chi connectivity index (χ4v) is 1.49. The van der Waals surface area contributed by atoms with E-state index in [0.29, 0.717) is 11.5 Å². The van der Waals surface area contributed by atoms with Gasteiger partial charge in [0.05, 0.1) is 7.11 Å². The Kier molecular flexibility index (Phi) is 5.87. The lowest BCUT2D eigenvalue weighted by atomic mass is 10.3. The van der Waals surface area contributed by atoms with Crippen molar-refractivity contribution in [3.63, 3.8) is 0 Å². The molecule has 0 aliphatic rings. The van der Waals surface area contributed by atoms with Crippen LogP contribution in [0.5, 0.6) is 5.88 Å².